The molecule has 0 bridgehead atoms. The molecule has 3 fully saturated rings. The van der Waals surface area contributed by atoms with E-state index in [0.717, 1.165) is 50.2 Å². The smallest absolute Gasteiger partial charge is 0.320 e. The number of carbonyl (C=O) groups is 1. The zero-order chi connectivity index (χ0) is 12.5. The van der Waals surface area contributed by atoms with E-state index in [9.17, 15) is 9.90 Å². The zero-order valence-corrected chi connectivity index (χ0v) is 10.9. The van der Waals surface area contributed by atoms with E-state index in [0.29, 0.717) is 5.92 Å². The van der Waals surface area contributed by atoms with Gasteiger partial charge in [-0.25, -0.2) is 0 Å². The fourth-order valence-corrected chi connectivity index (χ4v) is 4.04. The summed E-state index contributed by atoms with van der Waals surface area (Å²) in [5, 5.41) is 16.1. The van der Waals surface area contributed by atoms with Gasteiger partial charge in [0.2, 0.25) is 0 Å². The van der Waals surface area contributed by atoms with E-state index < -0.39 is 5.97 Å². The Balaban J connectivity index is 1.49. The van der Waals surface area contributed by atoms with Crippen molar-refractivity contribution in [1.82, 2.24) is 10.6 Å². The van der Waals surface area contributed by atoms with Crippen LogP contribution in [0.15, 0.2) is 0 Å². The lowest BCUT2D eigenvalue weighted by Crippen LogP contribution is -2.45. The Bertz CT molecular complexity index is 305. The standard InChI is InChI=1S/C14H24N2O2/c17-14(18)13(9-4-2-1-3-5-9)16-8-12-10-6-15-7-11(10)12/h9-13,15-16H,1-8H2,(H,17,18)/t10?,11?,12?,13-/m0/s1. The maximum atomic E-state index is 11.4. The molecule has 1 heterocycles. The summed E-state index contributed by atoms with van der Waals surface area (Å²) in [5.74, 6) is 2.08. The molecular formula is C14H24N2O2. The zero-order valence-electron chi connectivity index (χ0n) is 10.9. The lowest BCUT2D eigenvalue weighted by Gasteiger charge is -2.28. The van der Waals surface area contributed by atoms with Crippen LogP contribution in [-0.4, -0.2) is 36.8 Å². The topological polar surface area (TPSA) is 61.4 Å². The molecule has 0 aromatic carbocycles. The predicted octanol–water partition coefficient (Wildman–Crippen LogP) is 1.07. The molecule has 4 nitrogen and oxygen atoms in total. The molecule has 18 heavy (non-hydrogen) atoms. The highest BCUT2D eigenvalue weighted by Gasteiger charge is 2.52. The summed E-state index contributed by atoms with van der Waals surface area (Å²) in [6, 6.07) is -0.306. The van der Waals surface area contributed by atoms with Crippen molar-refractivity contribution >= 4 is 5.97 Å². The number of nitrogens with one attached hydrogen (secondary N) is 2. The van der Waals surface area contributed by atoms with Crippen molar-refractivity contribution in [3.63, 3.8) is 0 Å². The third-order valence-corrected chi connectivity index (χ3v) is 5.23. The molecular weight excluding hydrogens is 228 g/mol. The third kappa shape index (κ3) is 2.41. The maximum absolute atomic E-state index is 11.4. The van der Waals surface area contributed by atoms with E-state index in [2.05, 4.69) is 10.6 Å². The summed E-state index contributed by atoms with van der Waals surface area (Å²) in [6.07, 6.45) is 5.86. The largest absolute Gasteiger partial charge is 0.480 e. The van der Waals surface area contributed by atoms with Gasteiger partial charge in [-0.1, -0.05) is 19.3 Å². The molecule has 3 aliphatic rings. The van der Waals surface area contributed by atoms with E-state index in [-0.39, 0.29) is 6.04 Å². The van der Waals surface area contributed by atoms with Crippen molar-refractivity contribution in [2.24, 2.45) is 23.7 Å². The van der Waals surface area contributed by atoms with Crippen LogP contribution < -0.4 is 10.6 Å². The first kappa shape index (κ1) is 12.4. The van der Waals surface area contributed by atoms with E-state index in [4.69, 9.17) is 0 Å². The Labute approximate surface area is 109 Å². The average Bonchev–Trinajstić information content (AvgIpc) is 2.83. The van der Waals surface area contributed by atoms with Gasteiger partial charge in [0.25, 0.3) is 0 Å². The second-order valence-corrected chi connectivity index (χ2v) is 6.27. The highest BCUT2D eigenvalue weighted by molar-refractivity contribution is 5.73. The van der Waals surface area contributed by atoms with Gasteiger partial charge in [-0.3, -0.25) is 4.79 Å². The molecule has 0 aromatic rings. The molecule has 2 saturated carbocycles. The molecule has 0 amide bonds. The average molecular weight is 252 g/mol. The number of hydrogen-bond donors (Lipinski definition) is 3. The van der Waals surface area contributed by atoms with Crippen molar-refractivity contribution in [3.8, 4) is 0 Å². The summed E-state index contributed by atoms with van der Waals surface area (Å²) in [7, 11) is 0. The van der Waals surface area contributed by atoms with Crippen LogP contribution in [0.1, 0.15) is 32.1 Å². The van der Waals surface area contributed by atoms with Gasteiger partial charge in [-0.2, -0.15) is 0 Å². The number of carboxylic acids is 1. The number of fused-ring (bicyclic) bond motifs is 1. The van der Waals surface area contributed by atoms with Gasteiger partial charge in [-0.05, 0) is 56.1 Å². The Morgan fingerprint density at radius 2 is 1.89 bits per heavy atom. The van der Waals surface area contributed by atoms with Crippen LogP contribution in [0.5, 0.6) is 0 Å². The van der Waals surface area contributed by atoms with Crippen LogP contribution >= 0.6 is 0 Å². The van der Waals surface area contributed by atoms with Crippen LogP contribution in [0.4, 0.5) is 0 Å². The fraction of sp³-hybridized carbons (Fsp3) is 0.929. The molecule has 1 saturated heterocycles. The first-order valence-corrected chi connectivity index (χ1v) is 7.44. The van der Waals surface area contributed by atoms with Crippen LogP contribution in [0.2, 0.25) is 0 Å². The summed E-state index contributed by atoms with van der Waals surface area (Å²) >= 11 is 0. The molecule has 0 aromatic heterocycles. The van der Waals surface area contributed by atoms with Crippen LogP contribution in [0.25, 0.3) is 0 Å². The first-order chi connectivity index (χ1) is 8.77. The number of carboxylic acid groups (broad SMARTS) is 1. The van der Waals surface area contributed by atoms with E-state index in [1.807, 2.05) is 0 Å². The van der Waals surface area contributed by atoms with Crippen LogP contribution in [0, 0.1) is 23.7 Å². The number of piperidine rings is 1. The molecule has 102 valence electrons. The van der Waals surface area contributed by atoms with Gasteiger partial charge in [0.05, 0.1) is 0 Å². The molecule has 3 atom stereocenters. The quantitative estimate of drug-likeness (QED) is 0.685. The predicted molar refractivity (Wildman–Crippen MR) is 69.3 cm³/mol. The van der Waals surface area contributed by atoms with Gasteiger partial charge < -0.3 is 15.7 Å². The Morgan fingerprint density at radius 3 is 2.50 bits per heavy atom. The van der Waals surface area contributed by atoms with Crippen LogP contribution in [0.3, 0.4) is 0 Å². The fourth-order valence-electron chi connectivity index (χ4n) is 4.04. The van der Waals surface area contributed by atoms with Gasteiger partial charge in [-0.15, -0.1) is 0 Å². The number of aliphatic carboxylic acids is 1. The highest BCUT2D eigenvalue weighted by Crippen LogP contribution is 2.48. The van der Waals surface area contributed by atoms with Gasteiger partial charge in [0.1, 0.15) is 6.04 Å². The minimum absolute atomic E-state index is 0.306. The monoisotopic (exact) mass is 252 g/mol. The minimum Gasteiger partial charge on any atom is -0.480 e. The van der Waals surface area contributed by atoms with Gasteiger partial charge in [0.15, 0.2) is 0 Å². The summed E-state index contributed by atoms with van der Waals surface area (Å²) in [6.45, 7) is 3.18. The molecule has 3 rings (SSSR count). The van der Waals surface area contributed by atoms with Crippen molar-refractivity contribution in [1.29, 1.82) is 0 Å². The molecule has 0 spiro atoms. The van der Waals surface area contributed by atoms with Crippen molar-refractivity contribution in [3.05, 3.63) is 0 Å². The second kappa shape index (κ2) is 5.17. The van der Waals surface area contributed by atoms with Gasteiger partial charge in [0, 0.05) is 0 Å². The number of hydrogen-bond acceptors (Lipinski definition) is 3. The van der Waals surface area contributed by atoms with E-state index in [1.54, 1.807) is 0 Å². The normalized spacial score (nSPS) is 37.2. The summed E-state index contributed by atoms with van der Waals surface area (Å²) in [4.78, 5) is 11.4. The Hall–Kier alpha value is -0.610. The Morgan fingerprint density at radius 1 is 1.22 bits per heavy atom. The van der Waals surface area contributed by atoms with Crippen molar-refractivity contribution in [2.75, 3.05) is 19.6 Å². The highest BCUT2D eigenvalue weighted by atomic mass is 16.4. The summed E-state index contributed by atoms with van der Waals surface area (Å²) in [5.41, 5.74) is 0. The minimum atomic E-state index is -0.647. The van der Waals surface area contributed by atoms with Crippen molar-refractivity contribution < 1.29 is 9.90 Å². The van der Waals surface area contributed by atoms with Gasteiger partial charge >= 0.3 is 5.97 Å². The van der Waals surface area contributed by atoms with Crippen LogP contribution in [-0.2, 0) is 4.79 Å². The second-order valence-electron chi connectivity index (χ2n) is 6.27. The third-order valence-electron chi connectivity index (χ3n) is 5.23. The SMILES string of the molecule is O=C(O)[C@@H](NCC1C2CNCC21)C1CCCCC1. The molecule has 3 N–H and O–H groups in total. The van der Waals surface area contributed by atoms with E-state index in [1.165, 1.54) is 19.3 Å². The molecule has 1 aliphatic heterocycles. The lowest BCUT2D eigenvalue weighted by molar-refractivity contribution is -0.141. The molecule has 2 aliphatic carbocycles. The molecule has 2 unspecified atom stereocenters. The van der Waals surface area contributed by atoms with E-state index >= 15 is 0 Å². The van der Waals surface area contributed by atoms with Crippen molar-refractivity contribution in [2.45, 2.75) is 38.1 Å². The number of rotatable bonds is 5. The Kier molecular flexibility index (Phi) is 3.57. The summed E-state index contributed by atoms with van der Waals surface area (Å²) < 4.78 is 0. The molecule has 4 heteroatoms. The lowest BCUT2D eigenvalue weighted by atomic mass is 9.84. The maximum Gasteiger partial charge on any atom is 0.320 e. The first-order valence-electron chi connectivity index (χ1n) is 7.44. The molecule has 0 radical (unpaired) electrons.